The second kappa shape index (κ2) is 8.32. The normalized spacial score (nSPS) is 14.3. The lowest BCUT2D eigenvalue weighted by Crippen LogP contribution is -2.26. The molecule has 1 aliphatic rings. The van der Waals surface area contributed by atoms with Gasteiger partial charge in [0.15, 0.2) is 23.0 Å². The second-order valence-electron chi connectivity index (χ2n) is 6.70. The van der Waals surface area contributed by atoms with Gasteiger partial charge >= 0.3 is 0 Å². The molecule has 26 heavy (non-hydrogen) atoms. The fraction of sp³-hybridized carbons (Fsp3) is 0.429. The van der Waals surface area contributed by atoms with E-state index in [9.17, 15) is 5.11 Å². The van der Waals surface area contributed by atoms with Crippen LogP contribution in [0.3, 0.4) is 0 Å². The van der Waals surface area contributed by atoms with Gasteiger partial charge < -0.3 is 24.6 Å². The number of benzene rings is 2. The number of nitrogens with one attached hydrogen (secondary N) is 1. The van der Waals surface area contributed by atoms with Crippen molar-refractivity contribution in [3.8, 4) is 23.0 Å². The quantitative estimate of drug-likeness (QED) is 0.783. The lowest BCUT2D eigenvalue weighted by Gasteiger charge is -2.26. The molecule has 5 heteroatoms. The molecule has 1 aliphatic heterocycles. The first-order valence-electron chi connectivity index (χ1n) is 9.16. The topological polar surface area (TPSA) is 60.0 Å². The van der Waals surface area contributed by atoms with Crippen molar-refractivity contribution in [2.45, 2.75) is 33.4 Å². The zero-order chi connectivity index (χ0) is 18.5. The highest BCUT2D eigenvalue weighted by Crippen LogP contribution is 2.35. The van der Waals surface area contributed by atoms with Crippen molar-refractivity contribution in [3.05, 3.63) is 47.5 Å². The third kappa shape index (κ3) is 4.05. The highest BCUT2D eigenvalue weighted by Gasteiger charge is 2.20. The van der Waals surface area contributed by atoms with Crippen molar-refractivity contribution in [2.24, 2.45) is 5.92 Å². The summed E-state index contributed by atoms with van der Waals surface area (Å²) in [5.74, 6) is 2.68. The Balaban J connectivity index is 1.77. The van der Waals surface area contributed by atoms with Crippen LogP contribution in [0.25, 0.3) is 0 Å². The standard InChI is InChI=1S/C21H27NO4/c1-4-24-18-7-5-6-16(21(18)23)13-22-20(14(2)3)15-8-9-17-19(12-15)26-11-10-25-17/h5-9,12,14,20,22-23H,4,10-11,13H2,1-3H3/t20-/m0/s1. The molecule has 0 saturated carbocycles. The van der Waals surface area contributed by atoms with E-state index in [4.69, 9.17) is 14.2 Å². The Morgan fingerprint density at radius 1 is 1.12 bits per heavy atom. The lowest BCUT2D eigenvalue weighted by molar-refractivity contribution is 0.171. The van der Waals surface area contributed by atoms with E-state index >= 15 is 0 Å². The Hall–Kier alpha value is -2.40. The molecule has 1 heterocycles. The lowest BCUT2D eigenvalue weighted by atomic mass is 9.95. The smallest absolute Gasteiger partial charge is 0.162 e. The molecule has 5 nitrogen and oxygen atoms in total. The van der Waals surface area contributed by atoms with E-state index in [2.05, 4.69) is 25.2 Å². The zero-order valence-electron chi connectivity index (χ0n) is 15.6. The number of phenolic OH excluding ortho intramolecular Hbond substituents is 1. The summed E-state index contributed by atoms with van der Waals surface area (Å²) in [6.07, 6.45) is 0. The molecular formula is C21H27NO4. The van der Waals surface area contributed by atoms with Crippen LogP contribution >= 0.6 is 0 Å². The van der Waals surface area contributed by atoms with E-state index in [0.29, 0.717) is 38.0 Å². The van der Waals surface area contributed by atoms with Gasteiger partial charge in [-0.3, -0.25) is 0 Å². The molecule has 0 aliphatic carbocycles. The van der Waals surface area contributed by atoms with Crippen LogP contribution in [0.1, 0.15) is 37.9 Å². The number of phenols is 1. The monoisotopic (exact) mass is 357 g/mol. The van der Waals surface area contributed by atoms with E-state index in [1.165, 1.54) is 0 Å². The largest absolute Gasteiger partial charge is 0.504 e. The van der Waals surface area contributed by atoms with Gasteiger partial charge in [0.25, 0.3) is 0 Å². The van der Waals surface area contributed by atoms with E-state index in [1.807, 2.05) is 31.2 Å². The van der Waals surface area contributed by atoms with Crippen LogP contribution in [0.2, 0.25) is 0 Å². The molecule has 2 aromatic carbocycles. The van der Waals surface area contributed by atoms with Crippen molar-refractivity contribution in [3.63, 3.8) is 0 Å². The number of ether oxygens (including phenoxy) is 3. The summed E-state index contributed by atoms with van der Waals surface area (Å²) in [5.41, 5.74) is 1.96. The van der Waals surface area contributed by atoms with Gasteiger partial charge in [-0.15, -0.1) is 0 Å². The maximum absolute atomic E-state index is 10.4. The first-order valence-corrected chi connectivity index (χ1v) is 9.16. The van der Waals surface area contributed by atoms with Crippen molar-refractivity contribution >= 4 is 0 Å². The van der Waals surface area contributed by atoms with E-state index in [0.717, 1.165) is 22.6 Å². The molecule has 0 amide bonds. The van der Waals surface area contributed by atoms with Crippen LogP contribution in [-0.2, 0) is 6.54 Å². The Kier molecular flexibility index (Phi) is 5.89. The molecule has 0 unspecified atom stereocenters. The summed E-state index contributed by atoms with van der Waals surface area (Å²) in [4.78, 5) is 0. The Bertz CT molecular complexity index is 745. The fourth-order valence-electron chi connectivity index (χ4n) is 3.19. The summed E-state index contributed by atoms with van der Waals surface area (Å²) in [6, 6.07) is 11.8. The van der Waals surface area contributed by atoms with Gasteiger partial charge in [0, 0.05) is 18.2 Å². The average Bonchev–Trinajstić information content (AvgIpc) is 2.64. The molecule has 0 fully saturated rings. The SMILES string of the molecule is CCOc1cccc(CN[C@H](c2ccc3c(c2)OCCO3)C(C)C)c1O. The molecule has 0 aromatic heterocycles. The molecule has 0 bridgehead atoms. The molecular weight excluding hydrogens is 330 g/mol. The van der Waals surface area contributed by atoms with Gasteiger partial charge in [-0.25, -0.2) is 0 Å². The number of hydrogen-bond donors (Lipinski definition) is 2. The molecule has 0 spiro atoms. The fourth-order valence-corrected chi connectivity index (χ4v) is 3.19. The number of hydrogen-bond acceptors (Lipinski definition) is 5. The highest BCUT2D eigenvalue weighted by atomic mass is 16.6. The molecule has 0 radical (unpaired) electrons. The maximum atomic E-state index is 10.4. The minimum atomic E-state index is 0.126. The first kappa shape index (κ1) is 18.4. The van der Waals surface area contributed by atoms with Gasteiger partial charge in [-0.1, -0.05) is 32.0 Å². The van der Waals surface area contributed by atoms with Gasteiger partial charge in [-0.2, -0.15) is 0 Å². The summed E-state index contributed by atoms with van der Waals surface area (Å²) >= 11 is 0. The maximum Gasteiger partial charge on any atom is 0.162 e. The Morgan fingerprint density at radius 3 is 2.62 bits per heavy atom. The van der Waals surface area contributed by atoms with Gasteiger partial charge in [0.05, 0.1) is 6.61 Å². The number of rotatable bonds is 7. The van der Waals surface area contributed by atoms with Gasteiger partial charge in [-0.05, 0) is 36.6 Å². The van der Waals surface area contributed by atoms with Crippen LogP contribution in [0.4, 0.5) is 0 Å². The van der Waals surface area contributed by atoms with E-state index in [1.54, 1.807) is 6.07 Å². The van der Waals surface area contributed by atoms with Crippen molar-refractivity contribution < 1.29 is 19.3 Å². The summed E-state index contributed by atoms with van der Waals surface area (Å²) in [7, 11) is 0. The van der Waals surface area contributed by atoms with Gasteiger partial charge in [0.1, 0.15) is 13.2 Å². The molecule has 140 valence electrons. The molecule has 2 N–H and O–H groups in total. The van der Waals surface area contributed by atoms with Crippen molar-refractivity contribution in [1.82, 2.24) is 5.32 Å². The van der Waals surface area contributed by atoms with Crippen molar-refractivity contribution in [1.29, 1.82) is 0 Å². The second-order valence-corrected chi connectivity index (χ2v) is 6.70. The predicted molar refractivity (Wildman–Crippen MR) is 101 cm³/mol. The summed E-state index contributed by atoms with van der Waals surface area (Å²) in [5, 5.41) is 14.0. The van der Waals surface area contributed by atoms with Crippen LogP contribution in [0.5, 0.6) is 23.0 Å². The van der Waals surface area contributed by atoms with Crippen LogP contribution in [-0.4, -0.2) is 24.9 Å². The molecule has 0 saturated heterocycles. The molecule has 3 rings (SSSR count). The Labute approximate surface area is 154 Å². The van der Waals surface area contributed by atoms with Crippen molar-refractivity contribution in [2.75, 3.05) is 19.8 Å². The third-order valence-corrected chi connectivity index (χ3v) is 4.49. The molecule has 2 aromatic rings. The number of aromatic hydroxyl groups is 1. The summed E-state index contributed by atoms with van der Waals surface area (Å²) in [6.45, 7) is 8.49. The van der Waals surface area contributed by atoms with E-state index < -0.39 is 0 Å². The third-order valence-electron chi connectivity index (χ3n) is 4.49. The van der Waals surface area contributed by atoms with E-state index in [-0.39, 0.29) is 11.8 Å². The Morgan fingerprint density at radius 2 is 1.88 bits per heavy atom. The van der Waals surface area contributed by atoms with Gasteiger partial charge in [0.2, 0.25) is 0 Å². The summed E-state index contributed by atoms with van der Waals surface area (Å²) < 4.78 is 16.8. The van der Waals surface area contributed by atoms with Crippen LogP contribution in [0.15, 0.2) is 36.4 Å². The first-order chi connectivity index (χ1) is 12.6. The minimum absolute atomic E-state index is 0.126. The zero-order valence-corrected chi connectivity index (χ0v) is 15.6. The average molecular weight is 357 g/mol. The van der Waals surface area contributed by atoms with Crippen LogP contribution in [0, 0.1) is 5.92 Å². The predicted octanol–water partition coefficient (Wildman–Crippen LogP) is 4.05. The number of fused-ring (bicyclic) bond motifs is 1. The minimum Gasteiger partial charge on any atom is -0.504 e. The highest BCUT2D eigenvalue weighted by molar-refractivity contribution is 5.46. The van der Waals surface area contributed by atoms with Crippen LogP contribution < -0.4 is 19.5 Å². The molecule has 1 atom stereocenters. The number of para-hydroxylation sites is 1.